The summed E-state index contributed by atoms with van der Waals surface area (Å²) in [7, 11) is 0. The molecule has 4 nitrogen and oxygen atoms in total. The number of hydrogen-bond donors (Lipinski definition) is 1. The van der Waals surface area contributed by atoms with Crippen LogP contribution in [0.15, 0.2) is 18.2 Å². The summed E-state index contributed by atoms with van der Waals surface area (Å²) in [6, 6.07) is 0.983. The van der Waals surface area contributed by atoms with E-state index in [-0.39, 0.29) is 24.8 Å². The number of nitrogens with one attached hydrogen (secondary N) is 1. The van der Waals surface area contributed by atoms with Crippen LogP contribution in [0.25, 0.3) is 0 Å². The third kappa shape index (κ3) is 5.60. The van der Waals surface area contributed by atoms with E-state index in [1.165, 1.54) is 0 Å². The highest BCUT2D eigenvalue weighted by Gasteiger charge is 2.37. The van der Waals surface area contributed by atoms with Gasteiger partial charge in [0.25, 0.3) is 0 Å². The highest BCUT2D eigenvalue weighted by atomic mass is 19.4. The van der Waals surface area contributed by atoms with Gasteiger partial charge in [0.05, 0.1) is 29.9 Å². The van der Waals surface area contributed by atoms with Gasteiger partial charge in [-0.2, -0.15) is 26.3 Å². The van der Waals surface area contributed by atoms with Crippen molar-refractivity contribution in [2.45, 2.75) is 38.4 Å². The number of carbonyl (C=O) groups is 1. The Hall–Kier alpha value is -1.81. The molecule has 0 aliphatic carbocycles. The van der Waals surface area contributed by atoms with E-state index in [0.29, 0.717) is 25.2 Å². The zero-order valence-corrected chi connectivity index (χ0v) is 14.0. The molecule has 1 amide bonds. The molecule has 146 valence electrons. The predicted octanol–water partition coefficient (Wildman–Crippen LogP) is 3.77. The first kappa shape index (κ1) is 20.5. The molecule has 1 aliphatic heterocycles. The van der Waals surface area contributed by atoms with E-state index >= 15 is 0 Å². The molecule has 1 fully saturated rings. The highest BCUT2D eigenvalue weighted by Crippen LogP contribution is 2.37. The Morgan fingerprint density at radius 1 is 1.04 bits per heavy atom. The van der Waals surface area contributed by atoms with Crippen molar-refractivity contribution in [3.05, 3.63) is 29.3 Å². The van der Waals surface area contributed by atoms with Gasteiger partial charge in [0, 0.05) is 18.8 Å². The van der Waals surface area contributed by atoms with Gasteiger partial charge in [-0.25, -0.2) is 0 Å². The van der Waals surface area contributed by atoms with Crippen molar-refractivity contribution < 1.29 is 35.9 Å². The maximum absolute atomic E-state index is 12.8. The van der Waals surface area contributed by atoms with E-state index in [0.717, 1.165) is 0 Å². The minimum absolute atomic E-state index is 0.0149. The monoisotopic (exact) mass is 384 g/mol. The van der Waals surface area contributed by atoms with Crippen molar-refractivity contribution in [3.63, 3.8) is 0 Å². The average molecular weight is 384 g/mol. The molecule has 10 heteroatoms. The molecule has 0 bridgehead atoms. The number of alkyl halides is 6. The molecule has 0 spiro atoms. The van der Waals surface area contributed by atoms with Gasteiger partial charge < -0.3 is 10.1 Å². The van der Waals surface area contributed by atoms with Crippen molar-refractivity contribution in [1.29, 1.82) is 0 Å². The molecule has 0 radical (unpaired) electrons. The fourth-order valence-corrected chi connectivity index (χ4v) is 2.84. The summed E-state index contributed by atoms with van der Waals surface area (Å²) < 4.78 is 82.5. The van der Waals surface area contributed by atoms with Gasteiger partial charge in [-0.05, 0) is 32.0 Å². The zero-order chi connectivity index (χ0) is 19.7. The second kappa shape index (κ2) is 7.43. The number of hydrogen-bond acceptors (Lipinski definition) is 3. The minimum Gasteiger partial charge on any atom is -0.373 e. The second-order valence-corrected chi connectivity index (χ2v) is 6.29. The molecule has 1 heterocycles. The molecule has 2 unspecified atom stereocenters. The lowest BCUT2D eigenvalue weighted by molar-refractivity contribution is -0.143. The van der Waals surface area contributed by atoms with Crippen molar-refractivity contribution in [1.82, 2.24) is 4.90 Å². The summed E-state index contributed by atoms with van der Waals surface area (Å²) in [6.07, 6.45) is -10.2. The van der Waals surface area contributed by atoms with Crippen LogP contribution < -0.4 is 5.32 Å². The molecule has 1 aromatic rings. The molecule has 1 saturated heterocycles. The number of ether oxygens (including phenoxy) is 1. The van der Waals surface area contributed by atoms with Crippen LogP contribution in [-0.4, -0.2) is 42.6 Å². The number of carbonyl (C=O) groups excluding carboxylic acids is 1. The van der Waals surface area contributed by atoms with Gasteiger partial charge in [-0.3, -0.25) is 9.69 Å². The quantitative estimate of drug-likeness (QED) is 0.807. The second-order valence-electron chi connectivity index (χ2n) is 6.29. The smallest absolute Gasteiger partial charge is 0.373 e. The van der Waals surface area contributed by atoms with Crippen molar-refractivity contribution >= 4 is 11.6 Å². The number of amides is 1. The lowest BCUT2D eigenvalue weighted by Crippen LogP contribution is -2.48. The first-order valence-corrected chi connectivity index (χ1v) is 7.81. The Labute approximate surface area is 146 Å². The molecular weight excluding hydrogens is 366 g/mol. The van der Waals surface area contributed by atoms with Gasteiger partial charge in [0.15, 0.2) is 0 Å². The van der Waals surface area contributed by atoms with E-state index in [2.05, 4.69) is 5.32 Å². The predicted molar refractivity (Wildman–Crippen MR) is 81.5 cm³/mol. The molecule has 1 N–H and O–H groups in total. The molecule has 0 saturated carbocycles. The maximum Gasteiger partial charge on any atom is 0.416 e. The standard InChI is InChI=1S/C16H18F6N2O2/c1-9-6-24(7-10(2)26-9)8-14(25)23-13-4-11(15(17,18)19)3-12(5-13)16(20,21)22/h3-5,9-10H,6-8H2,1-2H3,(H,23,25). The zero-order valence-electron chi connectivity index (χ0n) is 14.0. The van der Waals surface area contributed by atoms with E-state index in [1.54, 1.807) is 4.90 Å². The lowest BCUT2D eigenvalue weighted by atomic mass is 10.1. The van der Waals surface area contributed by atoms with Gasteiger partial charge in [-0.1, -0.05) is 0 Å². The van der Waals surface area contributed by atoms with Crippen LogP contribution in [0.1, 0.15) is 25.0 Å². The minimum atomic E-state index is -4.96. The Morgan fingerprint density at radius 2 is 1.50 bits per heavy atom. The maximum atomic E-state index is 12.8. The van der Waals surface area contributed by atoms with E-state index in [1.807, 2.05) is 13.8 Å². The Balaban J connectivity index is 2.16. The van der Waals surface area contributed by atoms with Gasteiger partial charge in [-0.15, -0.1) is 0 Å². The highest BCUT2D eigenvalue weighted by molar-refractivity contribution is 5.92. The van der Waals surface area contributed by atoms with Crippen LogP contribution in [0, 0.1) is 0 Å². The molecule has 2 atom stereocenters. The summed E-state index contributed by atoms with van der Waals surface area (Å²) in [5.74, 6) is -0.696. The van der Waals surface area contributed by atoms with Gasteiger partial charge in [0.1, 0.15) is 0 Å². The Morgan fingerprint density at radius 3 is 1.92 bits per heavy atom. The molecule has 2 rings (SSSR count). The van der Waals surface area contributed by atoms with Gasteiger partial charge in [0.2, 0.25) is 5.91 Å². The van der Waals surface area contributed by atoms with Crippen LogP contribution in [-0.2, 0) is 21.9 Å². The third-order valence-electron chi connectivity index (χ3n) is 3.73. The van der Waals surface area contributed by atoms with Crippen LogP contribution in [0.2, 0.25) is 0 Å². The SMILES string of the molecule is CC1CN(CC(=O)Nc2cc(C(F)(F)F)cc(C(F)(F)F)c2)CC(C)O1. The molecule has 1 aromatic carbocycles. The first-order valence-electron chi connectivity index (χ1n) is 7.81. The van der Waals surface area contributed by atoms with E-state index in [9.17, 15) is 31.1 Å². The molecule has 1 aliphatic rings. The number of nitrogens with zero attached hydrogens (tertiary/aromatic N) is 1. The number of rotatable bonds is 3. The van der Waals surface area contributed by atoms with Gasteiger partial charge >= 0.3 is 12.4 Å². The Kier molecular flexibility index (Phi) is 5.86. The van der Waals surface area contributed by atoms with Crippen LogP contribution in [0.3, 0.4) is 0 Å². The number of anilines is 1. The van der Waals surface area contributed by atoms with Crippen LogP contribution in [0.4, 0.5) is 32.0 Å². The summed E-state index contributed by atoms with van der Waals surface area (Å²) in [5, 5.41) is 2.12. The number of benzene rings is 1. The van der Waals surface area contributed by atoms with E-state index < -0.39 is 35.1 Å². The van der Waals surface area contributed by atoms with Crippen molar-refractivity contribution in [2.75, 3.05) is 25.0 Å². The Bertz CT molecular complexity index is 617. The van der Waals surface area contributed by atoms with Crippen LogP contribution >= 0.6 is 0 Å². The van der Waals surface area contributed by atoms with E-state index in [4.69, 9.17) is 4.74 Å². The van der Waals surface area contributed by atoms with Crippen molar-refractivity contribution in [2.24, 2.45) is 0 Å². The topological polar surface area (TPSA) is 41.6 Å². The first-order chi connectivity index (χ1) is 11.8. The number of morpholine rings is 1. The molecular formula is C16H18F6N2O2. The van der Waals surface area contributed by atoms with Crippen molar-refractivity contribution in [3.8, 4) is 0 Å². The normalized spacial score (nSPS) is 22.3. The lowest BCUT2D eigenvalue weighted by Gasteiger charge is -2.34. The third-order valence-corrected chi connectivity index (χ3v) is 3.73. The summed E-state index contributed by atoms with van der Waals surface area (Å²) in [4.78, 5) is 13.8. The average Bonchev–Trinajstić information content (AvgIpc) is 2.43. The fraction of sp³-hybridized carbons (Fsp3) is 0.562. The summed E-state index contributed by atoms with van der Waals surface area (Å²) in [5.41, 5.74) is -3.50. The summed E-state index contributed by atoms with van der Waals surface area (Å²) in [6.45, 7) is 4.34. The summed E-state index contributed by atoms with van der Waals surface area (Å²) >= 11 is 0. The van der Waals surface area contributed by atoms with Crippen LogP contribution in [0.5, 0.6) is 0 Å². The largest absolute Gasteiger partial charge is 0.416 e. The molecule has 0 aromatic heterocycles. The molecule has 26 heavy (non-hydrogen) atoms. The number of halogens is 6. The fourth-order valence-electron chi connectivity index (χ4n) is 2.84.